The molecule has 1 aliphatic rings. The molecule has 0 bridgehead atoms. The van der Waals surface area contributed by atoms with Crippen molar-refractivity contribution in [2.75, 3.05) is 39.4 Å². The lowest BCUT2D eigenvalue weighted by atomic mass is 10.2. The first kappa shape index (κ1) is 13.2. The van der Waals surface area contributed by atoms with E-state index in [1.807, 2.05) is 0 Å². The molecule has 1 aliphatic heterocycles. The number of amidine groups is 1. The third kappa shape index (κ3) is 5.29. The first-order chi connectivity index (χ1) is 7.72. The summed E-state index contributed by atoms with van der Waals surface area (Å²) in [5.41, 5.74) is 5.38. The summed E-state index contributed by atoms with van der Waals surface area (Å²) in [6.45, 7) is 7.56. The van der Waals surface area contributed by atoms with Crippen molar-refractivity contribution in [3.63, 3.8) is 0 Å². The van der Waals surface area contributed by atoms with Gasteiger partial charge in [-0.2, -0.15) is 0 Å². The molecule has 0 saturated carbocycles. The standard InChI is InChI=1S/C10H22N4O2/c1-9(12-3-2-10(11)13-15)8-14-4-6-16-7-5-14/h9,12,15H,2-8H2,1H3,(H2,11,13). The molecule has 1 heterocycles. The highest BCUT2D eigenvalue weighted by molar-refractivity contribution is 5.79. The molecular formula is C10H22N4O2. The molecule has 1 unspecified atom stereocenters. The van der Waals surface area contributed by atoms with Crippen molar-refractivity contribution >= 4 is 5.84 Å². The van der Waals surface area contributed by atoms with Crippen LogP contribution in [0.15, 0.2) is 5.16 Å². The molecule has 0 aromatic rings. The van der Waals surface area contributed by atoms with E-state index in [2.05, 4.69) is 22.3 Å². The summed E-state index contributed by atoms with van der Waals surface area (Å²) < 4.78 is 5.29. The Morgan fingerprint density at radius 3 is 2.88 bits per heavy atom. The Balaban J connectivity index is 2.07. The maximum Gasteiger partial charge on any atom is 0.140 e. The normalized spacial score (nSPS) is 20.9. The van der Waals surface area contributed by atoms with Gasteiger partial charge in [0.2, 0.25) is 0 Å². The molecule has 0 aliphatic carbocycles. The number of hydrogen-bond donors (Lipinski definition) is 3. The fourth-order valence-electron chi connectivity index (χ4n) is 1.73. The fraction of sp³-hybridized carbons (Fsp3) is 0.900. The van der Waals surface area contributed by atoms with Crippen LogP contribution in [0, 0.1) is 0 Å². The number of hydrogen-bond acceptors (Lipinski definition) is 5. The van der Waals surface area contributed by atoms with Gasteiger partial charge in [0.25, 0.3) is 0 Å². The van der Waals surface area contributed by atoms with Gasteiger partial charge in [-0.05, 0) is 6.92 Å². The molecule has 94 valence electrons. The van der Waals surface area contributed by atoms with Crippen molar-refractivity contribution in [1.82, 2.24) is 10.2 Å². The minimum Gasteiger partial charge on any atom is -0.409 e. The average Bonchev–Trinajstić information content (AvgIpc) is 2.30. The van der Waals surface area contributed by atoms with Gasteiger partial charge in [-0.25, -0.2) is 0 Å². The number of nitrogens with zero attached hydrogens (tertiary/aromatic N) is 2. The van der Waals surface area contributed by atoms with E-state index in [0.29, 0.717) is 12.5 Å². The Morgan fingerprint density at radius 2 is 2.25 bits per heavy atom. The highest BCUT2D eigenvalue weighted by Crippen LogP contribution is 1.98. The summed E-state index contributed by atoms with van der Waals surface area (Å²) >= 11 is 0. The zero-order chi connectivity index (χ0) is 11.8. The van der Waals surface area contributed by atoms with Crippen molar-refractivity contribution in [3.05, 3.63) is 0 Å². The zero-order valence-corrected chi connectivity index (χ0v) is 9.85. The summed E-state index contributed by atoms with van der Waals surface area (Å²) in [5.74, 6) is 0.270. The van der Waals surface area contributed by atoms with Crippen LogP contribution in [-0.4, -0.2) is 61.4 Å². The molecule has 4 N–H and O–H groups in total. The van der Waals surface area contributed by atoms with Crippen LogP contribution >= 0.6 is 0 Å². The van der Waals surface area contributed by atoms with Crippen LogP contribution in [0.3, 0.4) is 0 Å². The van der Waals surface area contributed by atoms with Crippen LogP contribution in [0.2, 0.25) is 0 Å². The van der Waals surface area contributed by atoms with Gasteiger partial charge < -0.3 is 21.0 Å². The van der Waals surface area contributed by atoms with Gasteiger partial charge in [0.1, 0.15) is 5.84 Å². The maximum absolute atomic E-state index is 8.37. The van der Waals surface area contributed by atoms with Crippen molar-refractivity contribution in [2.45, 2.75) is 19.4 Å². The first-order valence-electron chi connectivity index (χ1n) is 5.72. The Morgan fingerprint density at radius 1 is 1.56 bits per heavy atom. The number of rotatable bonds is 6. The van der Waals surface area contributed by atoms with Crippen LogP contribution in [0.1, 0.15) is 13.3 Å². The monoisotopic (exact) mass is 230 g/mol. The third-order valence-electron chi connectivity index (χ3n) is 2.64. The predicted octanol–water partition coefficient (Wildman–Crippen LogP) is -0.567. The topological polar surface area (TPSA) is 83.1 Å². The highest BCUT2D eigenvalue weighted by Gasteiger charge is 2.12. The van der Waals surface area contributed by atoms with Crippen LogP contribution < -0.4 is 11.1 Å². The van der Waals surface area contributed by atoms with Crippen LogP contribution in [0.25, 0.3) is 0 Å². The van der Waals surface area contributed by atoms with Crippen LogP contribution in [-0.2, 0) is 4.74 Å². The zero-order valence-electron chi connectivity index (χ0n) is 9.85. The van der Waals surface area contributed by atoms with Crippen molar-refractivity contribution < 1.29 is 9.94 Å². The van der Waals surface area contributed by atoms with E-state index in [-0.39, 0.29) is 5.84 Å². The van der Waals surface area contributed by atoms with Gasteiger partial charge in [-0.1, -0.05) is 5.16 Å². The van der Waals surface area contributed by atoms with Gasteiger partial charge in [0.05, 0.1) is 13.2 Å². The van der Waals surface area contributed by atoms with Crippen LogP contribution in [0.5, 0.6) is 0 Å². The van der Waals surface area contributed by atoms with E-state index in [1.165, 1.54) is 0 Å². The minimum absolute atomic E-state index is 0.270. The molecule has 0 amide bonds. The van der Waals surface area contributed by atoms with E-state index in [1.54, 1.807) is 0 Å². The SMILES string of the molecule is CC(CN1CCOCC1)NCCC(N)=NO. The first-order valence-corrected chi connectivity index (χ1v) is 5.72. The van der Waals surface area contributed by atoms with E-state index in [0.717, 1.165) is 39.4 Å². The molecule has 0 aromatic heterocycles. The van der Waals surface area contributed by atoms with E-state index in [4.69, 9.17) is 15.7 Å². The number of nitrogens with two attached hydrogens (primary N) is 1. The van der Waals surface area contributed by atoms with Gasteiger partial charge in [-0.15, -0.1) is 0 Å². The van der Waals surface area contributed by atoms with E-state index in [9.17, 15) is 0 Å². The van der Waals surface area contributed by atoms with Crippen molar-refractivity contribution in [3.8, 4) is 0 Å². The van der Waals surface area contributed by atoms with Gasteiger partial charge in [-0.3, -0.25) is 4.90 Å². The smallest absolute Gasteiger partial charge is 0.140 e. The number of morpholine rings is 1. The Kier molecular flexibility index (Phi) is 6.14. The summed E-state index contributed by atoms with van der Waals surface area (Å²) in [7, 11) is 0. The Hall–Kier alpha value is -0.850. The molecule has 1 rings (SSSR count). The van der Waals surface area contributed by atoms with Gasteiger partial charge >= 0.3 is 0 Å². The summed E-state index contributed by atoms with van der Waals surface area (Å²) in [6.07, 6.45) is 0.573. The number of nitrogens with one attached hydrogen (secondary N) is 1. The minimum atomic E-state index is 0.270. The summed E-state index contributed by atoms with van der Waals surface area (Å²) in [5, 5.41) is 14.6. The summed E-state index contributed by atoms with van der Waals surface area (Å²) in [4.78, 5) is 2.38. The summed E-state index contributed by atoms with van der Waals surface area (Å²) in [6, 6.07) is 0.407. The molecule has 1 fully saturated rings. The molecule has 6 nitrogen and oxygen atoms in total. The van der Waals surface area contributed by atoms with Gasteiger partial charge in [0.15, 0.2) is 0 Å². The number of oxime groups is 1. The van der Waals surface area contributed by atoms with E-state index < -0.39 is 0 Å². The second-order valence-electron chi connectivity index (χ2n) is 4.11. The lowest BCUT2D eigenvalue weighted by Gasteiger charge is -2.29. The Bertz CT molecular complexity index is 217. The lowest BCUT2D eigenvalue weighted by molar-refractivity contribution is 0.0344. The van der Waals surface area contributed by atoms with Gasteiger partial charge in [0, 0.05) is 38.6 Å². The maximum atomic E-state index is 8.37. The molecule has 0 radical (unpaired) electrons. The second kappa shape index (κ2) is 7.43. The van der Waals surface area contributed by atoms with Crippen molar-refractivity contribution in [1.29, 1.82) is 0 Å². The molecular weight excluding hydrogens is 208 g/mol. The molecule has 1 atom stereocenters. The third-order valence-corrected chi connectivity index (χ3v) is 2.64. The lowest BCUT2D eigenvalue weighted by Crippen LogP contribution is -2.44. The number of ether oxygens (including phenoxy) is 1. The molecule has 0 aromatic carbocycles. The van der Waals surface area contributed by atoms with Crippen LogP contribution in [0.4, 0.5) is 0 Å². The van der Waals surface area contributed by atoms with Crippen molar-refractivity contribution in [2.24, 2.45) is 10.9 Å². The van der Waals surface area contributed by atoms with E-state index >= 15 is 0 Å². The largest absolute Gasteiger partial charge is 0.409 e. The fourth-order valence-corrected chi connectivity index (χ4v) is 1.73. The molecule has 0 spiro atoms. The molecule has 1 saturated heterocycles. The Labute approximate surface area is 96.4 Å². The average molecular weight is 230 g/mol. The molecule has 6 heteroatoms. The molecule has 16 heavy (non-hydrogen) atoms. The second-order valence-corrected chi connectivity index (χ2v) is 4.11. The quantitative estimate of drug-likeness (QED) is 0.246. The predicted molar refractivity (Wildman–Crippen MR) is 62.7 cm³/mol. The highest BCUT2D eigenvalue weighted by atomic mass is 16.5.